The van der Waals surface area contributed by atoms with Crippen molar-refractivity contribution in [2.24, 2.45) is 5.92 Å². The topological polar surface area (TPSA) is 71.5 Å². The lowest BCUT2D eigenvalue weighted by Crippen LogP contribution is -2.36. The zero-order valence-electron chi connectivity index (χ0n) is 13.5. The van der Waals surface area contributed by atoms with Gasteiger partial charge in [-0.25, -0.2) is 0 Å². The molecule has 2 atom stereocenters. The Morgan fingerprint density at radius 1 is 1.21 bits per heavy atom. The van der Waals surface area contributed by atoms with Crippen LogP contribution in [0.2, 0.25) is 0 Å². The first-order chi connectivity index (χ1) is 11.7. The molecule has 0 aliphatic heterocycles. The van der Waals surface area contributed by atoms with Crippen LogP contribution in [0.5, 0.6) is 11.5 Å². The Labute approximate surface area is 141 Å². The van der Waals surface area contributed by atoms with Gasteiger partial charge in [0.25, 0.3) is 5.91 Å². The summed E-state index contributed by atoms with van der Waals surface area (Å²) in [7, 11) is 0. The van der Waals surface area contributed by atoms with E-state index in [4.69, 9.17) is 4.74 Å². The number of carbonyl (C=O) groups excluding carboxylic acids is 1. The van der Waals surface area contributed by atoms with Crippen LogP contribution in [0.1, 0.15) is 36.0 Å². The van der Waals surface area contributed by atoms with Gasteiger partial charge in [-0.3, -0.25) is 9.78 Å². The number of hydrogen-bond donors (Lipinski definition) is 2. The van der Waals surface area contributed by atoms with E-state index in [1.54, 1.807) is 42.7 Å². The molecule has 1 aromatic carbocycles. The number of amides is 1. The maximum atomic E-state index is 12.5. The van der Waals surface area contributed by atoms with E-state index in [2.05, 4.69) is 10.3 Å². The van der Waals surface area contributed by atoms with Crippen molar-refractivity contribution >= 4 is 5.91 Å². The Morgan fingerprint density at radius 2 is 2.04 bits per heavy atom. The average molecular weight is 326 g/mol. The fourth-order valence-corrected chi connectivity index (χ4v) is 3.02. The molecule has 2 unspecified atom stereocenters. The first-order valence-corrected chi connectivity index (χ1v) is 8.37. The Balaban J connectivity index is 1.66. The van der Waals surface area contributed by atoms with E-state index in [9.17, 15) is 9.90 Å². The molecule has 0 spiro atoms. The number of aromatic nitrogens is 1. The van der Waals surface area contributed by atoms with E-state index < -0.39 is 0 Å². The van der Waals surface area contributed by atoms with Crippen LogP contribution in [0.15, 0.2) is 48.8 Å². The Morgan fingerprint density at radius 3 is 2.83 bits per heavy atom. The largest absolute Gasteiger partial charge is 0.455 e. The number of hydrogen-bond acceptors (Lipinski definition) is 4. The minimum atomic E-state index is -0.319. The predicted molar refractivity (Wildman–Crippen MR) is 91.1 cm³/mol. The Bertz CT molecular complexity index is 675. The molecule has 24 heavy (non-hydrogen) atoms. The number of para-hydroxylation sites is 1. The van der Waals surface area contributed by atoms with Gasteiger partial charge in [0.05, 0.1) is 17.9 Å². The van der Waals surface area contributed by atoms with Crippen LogP contribution in [0, 0.1) is 5.92 Å². The van der Waals surface area contributed by atoms with E-state index in [-0.39, 0.29) is 17.9 Å². The van der Waals surface area contributed by atoms with Crippen molar-refractivity contribution in [3.8, 4) is 11.5 Å². The van der Waals surface area contributed by atoms with Crippen LogP contribution in [0.3, 0.4) is 0 Å². The van der Waals surface area contributed by atoms with Crippen LogP contribution in [-0.4, -0.2) is 28.6 Å². The number of aliphatic hydroxyl groups excluding tert-OH is 1. The fourth-order valence-electron chi connectivity index (χ4n) is 3.02. The van der Waals surface area contributed by atoms with Gasteiger partial charge in [-0.15, -0.1) is 0 Å². The molecule has 1 saturated carbocycles. The van der Waals surface area contributed by atoms with E-state index in [1.807, 2.05) is 6.07 Å². The van der Waals surface area contributed by atoms with Crippen molar-refractivity contribution in [1.29, 1.82) is 0 Å². The fraction of sp³-hybridized carbons (Fsp3) is 0.368. The number of aliphatic hydroxyl groups is 1. The second-order valence-electron chi connectivity index (χ2n) is 6.11. The van der Waals surface area contributed by atoms with Crippen LogP contribution in [-0.2, 0) is 0 Å². The van der Waals surface area contributed by atoms with Gasteiger partial charge in [0.2, 0.25) is 0 Å². The number of benzene rings is 1. The minimum Gasteiger partial charge on any atom is -0.455 e. The lowest BCUT2D eigenvalue weighted by molar-refractivity contribution is 0.0662. The molecule has 1 heterocycles. The highest BCUT2D eigenvalue weighted by Gasteiger charge is 2.24. The highest BCUT2D eigenvalue weighted by Crippen LogP contribution is 2.26. The summed E-state index contributed by atoms with van der Waals surface area (Å²) in [6, 6.07) is 10.7. The maximum Gasteiger partial charge on any atom is 0.255 e. The standard InChI is InChI=1S/C19H22N2O3/c22-17-9-3-1-6-14(17)12-21-19(23)16-8-2-4-10-18(16)24-15-7-5-11-20-13-15/h2,4-5,7-8,10-11,13-14,17,22H,1,3,6,9,12H2,(H,21,23). The highest BCUT2D eigenvalue weighted by molar-refractivity contribution is 5.97. The van der Waals surface area contributed by atoms with E-state index in [0.29, 0.717) is 23.6 Å². The van der Waals surface area contributed by atoms with Crippen molar-refractivity contribution in [3.63, 3.8) is 0 Å². The van der Waals surface area contributed by atoms with Gasteiger partial charge in [-0.1, -0.05) is 25.0 Å². The molecular weight excluding hydrogens is 304 g/mol. The Kier molecular flexibility index (Phi) is 5.43. The van der Waals surface area contributed by atoms with Crippen molar-refractivity contribution < 1.29 is 14.6 Å². The predicted octanol–water partition coefficient (Wildman–Crippen LogP) is 3.15. The molecule has 1 amide bonds. The second-order valence-corrected chi connectivity index (χ2v) is 6.11. The summed E-state index contributed by atoms with van der Waals surface area (Å²) in [5.74, 6) is 1.02. The van der Waals surface area contributed by atoms with Crippen LogP contribution >= 0.6 is 0 Å². The van der Waals surface area contributed by atoms with Gasteiger partial charge in [-0.2, -0.15) is 0 Å². The molecule has 0 radical (unpaired) electrons. The molecule has 2 aromatic rings. The lowest BCUT2D eigenvalue weighted by Gasteiger charge is -2.27. The van der Waals surface area contributed by atoms with Crippen LogP contribution in [0.25, 0.3) is 0 Å². The molecule has 0 saturated heterocycles. The highest BCUT2D eigenvalue weighted by atomic mass is 16.5. The normalized spacial score (nSPS) is 20.4. The van der Waals surface area contributed by atoms with Crippen molar-refractivity contribution in [3.05, 3.63) is 54.4 Å². The zero-order valence-corrected chi connectivity index (χ0v) is 13.5. The maximum absolute atomic E-state index is 12.5. The SMILES string of the molecule is O=C(NCC1CCCCC1O)c1ccccc1Oc1cccnc1. The summed E-state index contributed by atoms with van der Waals surface area (Å²) in [5.41, 5.74) is 0.478. The van der Waals surface area contributed by atoms with E-state index in [1.165, 1.54) is 0 Å². The summed E-state index contributed by atoms with van der Waals surface area (Å²) in [6.45, 7) is 0.487. The third-order valence-electron chi connectivity index (χ3n) is 4.39. The molecule has 0 bridgehead atoms. The molecule has 126 valence electrons. The zero-order chi connectivity index (χ0) is 16.8. The van der Waals surface area contributed by atoms with Gasteiger partial charge in [0.15, 0.2) is 0 Å². The van der Waals surface area contributed by atoms with Crippen LogP contribution < -0.4 is 10.1 Å². The number of ether oxygens (including phenoxy) is 1. The van der Waals surface area contributed by atoms with Gasteiger partial charge in [0, 0.05) is 18.7 Å². The van der Waals surface area contributed by atoms with Gasteiger partial charge in [-0.05, 0) is 37.1 Å². The number of carbonyl (C=O) groups is 1. The third kappa shape index (κ3) is 4.11. The number of nitrogens with one attached hydrogen (secondary N) is 1. The monoisotopic (exact) mass is 326 g/mol. The molecule has 1 fully saturated rings. The smallest absolute Gasteiger partial charge is 0.255 e. The third-order valence-corrected chi connectivity index (χ3v) is 4.39. The van der Waals surface area contributed by atoms with Crippen molar-refractivity contribution in [2.75, 3.05) is 6.54 Å². The van der Waals surface area contributed by atoms with Crippen molar-refractivity contribution in [2.45, 2.75) is 31.8 Å². The lowest BCUT2D eigenvalue weighted by atomic mass is 9.86. The molecule has 5 heteroatoms. The minimum absolute atomic E-state index is 0.133. The Hall–Kier alpha value is -2.40. The number of rotatable bonds is 5. The molecular formula is C19H22N2O3. The van der Waals surface area contributed by atoms with Gasteiger partial charge >= 0.3 is 0 Å². The molecule has 1 aliphatic carbocycles. The average Bonchev–Trinajstić information content (AvgIpc) is 2.62. The van der Waals surface area contributed by atoms with Gasteiger partial charge < -0.3 is 15.2 Å². The number of pyridine rings is 1. The number of nitrogens with zero attached hydrogens (tertiary/aromatic N) is 1. The molecule has 1 aliphatic rings. The molecule has 1 aromatic heterocycles. The van der Waals surface area contributed by atoms with Gasteiger partial charge in [0.1, 0.15) is 11.5 Å². The van der Waals surface area contributed by atoms with E-state index in [0.717, 1.165) is 25.7 Å². The summed E-state index contributed by atoms with van der Waals surface area (Å²) >= 11 is 0. The second kappa shape index (κ2) is 7.93. The first kappa shape index (κ1) is 16.5. The molecule has 2 N–H and O–H groups in total. The quantitative estimate of drug-likeness (QED) is 0.885. The molecule has 5 nitrogen and oxygen atoms in total. The summed E-state index contributed by atoms with van der Waals surface area (Å²) in [6.07, 6.45) is 6.90. The van der Waals surface area contributed by atoms with Crippen LogP contribution in [0.4, 0.5) is 0 Å². The van der Waals surface area contributed by atoms with Crippen molar-refractivity contribution in [1.82, 2.24) is 10.3 Å². The molecule has 3 rings (SSSR count). The first-order valence-electron chi connectivity index (χ1n) is 8.37. The summed E-state index contributed by atoms with van der Waals surface area (Å²) in [4.78, 5) is 16.5. The summed E-state index contributed by atoms with van der Waals surface area (Å²) < 4.78 is 5.77. The summed E-state index contributed by atoms with van der Waals surface area (Å²) in [5, 5.41) is 12.9. The van der Waals surface area contributed by atoms with E-state index >= 15 is 0 Å².